The molecule has 0 saturated carbocycles. The van der Waals surface area contributed by atoms with E-state index in [1.807, 2.05) is 53.2 Å². The number of hydrogen-bond donors (Lipinski definition) is 1. The van der Waals surface area contributed by atoms with E-state index in [9.17, 15) is 18.3 Å². The van der Waals surface area contributed by atoms with E-state index in [1.54, 1.807) is 18.2 Å². The number of carboxylic acids is 1. The summed E-state index contributed by atoms with van der Waals surface area (Å²) in [4.78, 5) is 11.4. The van der Waals surface area contributed by atoms with Gasteiger partial charge in [0.2, 0.25) is 0 Å². The lowest BCUT2D eigenvalue weighted by Gasteiger charge is -2.23. The highest BCUT2D eigenvalue weighted by molar-refractivity contribution is 7.92. The molecule has 5 aromatic rings. The van der Waals surface area contributed by atoms with Gasteiger partial charge in [-0.15, -0.1) is 0 Å². The molecular formula is C26H18Cl2N2O4S. The molecule has 1 N–H and O–H groups in total. The van der Waals surface area contributed by atoms with Gasteiger partial charge in [0.25, 0.3) is 10.0 Å². The first kappa shape index (κ1) is 23.2. The lowest BCUT2D eigenvalue weighted by atomic mass is 10.1. The summed E-state index contributed by atoms with van der Waals surface area (Å²) in [5, 5.41) is 12.7. The number of aromatic nitrogens is 1. The summed E-state index contributed by atoms with van der Waals surface area (Å²) in [5.41, 5.74) is 2.02. The van der Waals surface area contributed by atoms with Crippen LogP contribution in [0.4, 0.5) is 5.69 Å². The van der Waals surface area contributed by atoms with Crippen molar-refractivity contribution in [2.24, 2.45) is 0 Å². The Balaban J connectivity index is 1.59. The molecule has 0 fully saturated rings. The highest BCUT2D eigenvalue weighted by Gasteiger charge is 2.28. The Bertz CT molecular complexity index is 1690. The summed E-state index contributed by atoms with van der Waals surface area (Å²) in [6.07, 6.45) is 1.89. The molecule has 0 atom stereocenters. The Kier molecular flexibility index (Phi) is 5.92. The maximum absolute atomic E-state index is 13.4. The maximum atomic E-state index is 13.4. The van der Waals surface area contributed by atoms with Gasteiger partial charge >= 0.3 is 5.97 Å². The van der Waals surface area contributed by atoms with Crippen molar-refractivity contribution in [2.75, 3.05) is 10.8 Å². The van der Waals surface area contributed by atoms with Crippen molar-refractivity contribution in [3.8, 4) is 5.69 Å². The van der Waals surface area contributed by atoms with Crippen LogP contribution in [-0.2, 0) is 14.8 Å². The van der Waals surface area contributed by atoms with Crippen molar-refractivity contribution in [3.63, 3.8) is 0 Å². The average molecular weight is 525 g/mol. The smallest absolute Gasteiger partial charge is 0.324 e. The second-order valence-corrected chi connectivity index (χ2v) is 10.7. The van der Waals surface area contributed by atoms with Crippen molar-refractivity contribution in [3.05, 3.63) is 101 Å². The number of anilines is 1. The van der Waals surface area contributed by atoms with Gasteiger partial charge in [0.05, 0.1) is 16.1 Å². The first-order valence-electron chi connectivity index (χ1n) is 10.5. The predicted octanol–water partition coefficient (Wildman–Crippen LogP) is 6.37. The number of halogens is 2. The normalized spacial score (nSPS) is 11.7. The Morgan fingerprint density at radius 2 is 1.54 bits per heavy atom. The molecule has 0 radical (unpaired) electrons. The second kappa shape index (κ2) is 8.92. The number of carboxylic acid groups (broad SMARTS) is 1. The van der Waals surface area contributed by atoms with Crippen molar-refractivity contribution in [1.82, 2.24) is 4.57 Å². The fourth-order valence-electron chi connectivity index (χ4n) is 4.08. The maximum Gasteiger partial charge on any atom is 0.324 e. The largest absolute Gasteiger partial charge is 0.480 e. The highest BCUT2D eigenvalue weighted by Crippen LogP contribution is 2.31. The van der Waals surface area contributed by atoms with Crippen LogP contribution in [0.25, 0.3) is 27.4 Å². The molecule has 0 saturated heterocycles. The molecule has 1 heterocycles. The lowest BCUT2D eigenvalue weighted by Crippen LogP contribution is -2.35. The number of carbonyl (C=O) groups is 1. The van der Waals surface area contributed by atoms with Crippen molar-refractivity contribution < 1.29 is 18.3 Å². The summed E-state index contributed by atoms with van der Waals surface area (Å²) in [6, 6.07) is 25.0. The number of fused-ring (bicyclic) bond motifs is 2. The van der Waals surface area contributed by atoms with Crippen molar-refractivity contribution >= 4 is 66.6 Å². The van der Waals surface area contributed by atoms with Gasteiger partial charge in [-0.2, -0.15) is 0 Å². The molecule has 9 heteroatoms. The molecule has 0 bridgehead atoms. The minimum Gasteiger partial charge on any atom is -0.480 e. The molecule has 35 heavy (non-hydrogen) atoms. The Hall–Kier alpha value is -3.52. The van der Waals surface area contributed by atoms with E-state index in [-0.39, 0.29) is 20.6 Å². The van der Waals surface area contributed by atoms with E-state index in [0.29, 0.717) is 0 Å². The second-order valence-electron chi connectivity index (χ2n) is 7.97. The van der Waals surface area contributed by atoms with Crippen LogP contribution in [0.3, 0.4) is 0 Å². The third kappa shape index (κ3) is 4.46. The van der Waals surface area contributed by atoms with Gasteiger partial charge in [-0.25, -0.2) is 8.42 Å². The summed E-state index contributed by atoms with van der Waals surface area (Å²) in [6.45, 7) is -0.761. The molecule has 5 rings (SSSR count). The Labute approximate surface area is 211 Å². The summed E-state index contributed by atoms with van der Waals surface area (Å²) in [5.74, 6) is -1.30. The molecule has 176 valence electrons. The van der Waals surface area contributed by atoms with Gasteiger partial charge in [-0.1, -0.05) is 53.5 Å². The van der Waals surface area contributed by atoms with E-state index >= 15 is 0 Å². The average Bonchev–Trinajstić information content (AvgIpc) is 3.24. The first-order valence-corrected chi connectivity index (χ1v) is 12.7. The molecule has 0 amide bonds. The van der Waals surface area contributed by atoms with Gasteiger partial charge in [0.1, 0.15) is 6.54 Å². The number of hydrogen-bond acceptors (Lipinski definition) is 3. The summed E-state index contributed by atoms with van der Waals surface area (Å²) in [7, 11) is -4.26. The summed E-state index contributed by atoms with van der Waals surface area (Å²) < 4.78 is 29.6. The van der Waals surface area contributed by atoms with Crippen LogP contribution in [0.5, 0.6) is 0 Å². The first-order chi connectivity index (χ1) is 16.7. The molecule has 0 aliphatic heterocycles. The van der Waals surface area contributed by atoms with Gasteiger partial charge in [0, 0.05) is 27.3 Å². The van der Waals surface area contributed by atoms with Crippen LogP contribution < -0.4 is 4.31 Å². The van der Waals surface area contributed by atoms with E-state index in [0.717, 1.165) is 31.7 Å². The van der Waals surface area contributed by atoms with Gasteiger partial charge in [-0.3, -0.25) is 9.10 Å². The topological polar surface area (TPSA) is 79.6 Å². The minimum absolute atomic E-state index is 0.134. The zero-order valence-electron chi connectivity index (χ0n) is 18.1. The van der Waals surface area contributed by atoms with E-state index < -0.39 is 22.5 Å². The molecule has 1 aromatic heterocycles. The third-order valence-corrected chi connectivity index (χ3v) is 7.86. The fraction of sp³-hybridized carbons (Fsp3) is 0.0385. The molecule has 0 aliphatic carbocycles. The molecule has 0 unspecified atom stereocenters. The monoisotopic (exact) mass is 524 g/mol. The van der Waals surface area contributed by atoms with Gasteiger partial charge in [-0.05, 0) is 65.4 Å². The fourth-order valence-corrected chi connectivity index (χ4v) is 6.21. The Morgan fingerprint density at radius 1 is 0.829 bits per heavy atom. The van der Waals surface area contributed by atoms with Gasteiger partial charge in [0.15, 0.2) is 0 Å². The number of rotatable bonds is 6. The van der Waals surface area contributed by atoms with Crippen LogP contribution >= 0.6 is 23.2 Å². The van der Waals surface area contributed by atoms with Crippen LogP contribution in [0, 0.1) is 0 Å². The van der Waals surface area contributed by atoms with Gasteiger partial charge < -0.3 is 9.67 Å². The Morgan fingerprint density at radius 3 is 2.26 bits per heavy atom. The standard InChI is InChI=1S/C26H18Cl2N2O4S/c27-20-13-21(28)15-24(14-20)35(33,34)30(16-26(31)32)23-7-8-25-19(12-23)9-10-29(25)22-6-5-17-3-1-2-4-18(17)11-22/h1-15H,16H2,(H,31,32). The highest BCUT2D eigenvalue weighted by atomic mass is 35.5. The quantitative estimate of drug-likeness (QED) is 0.279. The van der Waals surface area contributed by atoms with E-state index in [4.69, 9.17) is 23.2 Å². The SMILES string of the molecule is O=C(O)CN(c1ccc2c(ccn2-c2ccc3ccccc3c2)c1)S(=O)(=O)c1cc(Cl)cc(Cl)c1. The molecule has 6 nitrogen and oxygen atoms in total. The predicted molar refractivity (Wildman–Crippen MR) is 139 cm³/mol. The number of aliphatic carboxylic acids is 1. The van der Waals surface area contributed by atoms with Crippen LogP contribution in [-0.4, -0.2) is 30.6 Å². The third-order valence-electron chi connectivity index (χ3n) is 5.68. The van der Waals surface area contributed by atoms with Crippen LogP contribution in [0.15, 0.2) is 96.0 Å². The molecule has 4 aromatic carbocycles. The zero-order chi connectivity index (χ0) is 24.7. The summed E-state index contributed by atoms with van der Waals surface area (Å²) >= 11 is 12.0. The minimum atomic E-state index is -4.26. The number of sulfonamides is 1. The number of benzene rings is 4. The van der Waals surface area contributed by atoms with Crippen molar-refractivity contribution in [1.29, 1.82) is 0 Å². The zero-order valence-corrected chi connectivity index (χ0v) is 20.4. The number of nitrogens with zero attached hydrogens (tertiary/aromatic N) is 2. The van der Waals surface area contributed by atoms with Crippen LogP contribution in [0.1, 0.15) is 0 Å². The van der Waals surface area contributed by atoms with Crippen LogP contribution in [0.2, 0.25) is 10.0 Å². The van der Waals surface area contributed by atoms with E-state index in [2.05, 4.69) is 6.07 Å². The molecule has 0 spiro atoms. The molecule has 0 aliphatic rings. The lowest BCUT2D eigenvalue weighted by molar-refractivity contribution is -0.135. The molecular weight excluding hydrogens is 507 g/mol. The van der Waals surface area contributed by atoms with E-state index in [1.165, 1.54) is 18.2 Å². The van der Waals surface area contributed by atoms with Crippen molar-refractivity contribution in [2.45, 2.75) is 4.90 Å².